The first-order chi connectivity index (χ1) is 13.4. The number of ether oxygens (including phenoxy) is 1. The molecule has 0 aromatic carbocycles. The van der Waals surface area contributed by atoms with Crippen LogP contribution in [-0.2, 0) is 4.74 Å². The third kappa shape index (κ3) is 4.55. The average Bonchev–Trinajstić information content (AvgIpc) is 2.71. The van der Waals surface area contributed by atoms with E-state index >= 15 is 0 Å². The van der Waals surface area contributed by atoms with Crippen LogP contribution in [0, 0.1) is 29.6 Å². The fraction of sp³-hybridized carbons (Fsp3) is 0.840. The van der Waals surface area contributed by atoms with Crippen molar-refractivity contribution in [2.75, 3.05) is 0 Å². The van der Waals surface area contributed by atoms with Gasteiger partial charge in [0.25, 0.3) is 0 Å². The Bertz CT molecular complexity index is 592. The Morgan fingerprint density at radius 2 is 1.25 bits per heavy atom. The SMILES string of the molecule is CC1=CCC(C2CCC(C3CCC(C4CC=C(C)C(F)(F)O4)CC3)CC2)CC1. The van der Waals surface area contributed by atoms with Crippen molar-refractivity contribution in [3.8, 4) is 0 Å². The number of rotatable bonds is 3. The van der Waals surface area contributed by atoms with Crippen LogP contribution in [-0.4, -0.2) is 12.2 Å². The molecule has 158 valence electrons. The normalized spacial score (nSPS) is 41.9. The van der Waals surface area contributed by atoms with E-state index in [1.807, 2.05) is 0 Å². The molecule has 3 aliphatic carbocycles. The van der Waals surface area contributed by atoms with Crippen LogP contribution in [0.4, 0.5) is 8.78 Å². The molecule has 2 atom stereocenters. The van der Waals surface area contributed by atoms with Crippen molar-refractivity contribution in [3.05, 3.63) is 23.3 Å². The molecule has 2 saturated carbocycles. The molecule has 0 radical (unpaired) electrons. The van der Waals surface area contributed by atoms with Gasteiger partial charge >= 0.3 is 6.11 Å². The van der Waals surface area contributed by atoms with Gasteiger partial charge in [-0.3, -0.25) is 0 Å². The Hall–Kier alpha value is -0.700. The maximum Gasteiger partial charge on any atom is 0.379 e. The van der Waals surface area contributed by atoms with Gasteiger partial charge in [0.05, 0.1) is 6.10 Å². The Balaban J connectivity index is 1.22. The van der Waals surface area contributed by atoms with E-state index in [0.29, 0.717) is 12.3 Å². The minimum atomic E-state index is -3.05. The van der Waals surface area contributed by atoms with Crippen molar-refractivity contribution in [3.63, 3.8) is 0 Å². The Labute approximate surface area is 170 Å². The molecule has 3 heteroatoms. The van der Waals surface area contributed by atoms with E-state index in [-0.39, 0.29) is 11.7 Å². The maximum absolute atomic E-state index is 13.9. The second-order valence-electron chi connectivity index (χ2n) is 10.2. The van der Waals surface area contributed by atoms with Crippen molar-refractivity contribution in [2.45, 2.75) is 103 Å². The number of allylic oxidation sites excluding steroid dienone is 2. The predicted octanol–water partition coefficient (Wildman–Crippen LogP) is 7.67. The molecule has 1 aliphatic heterocycles. The van der Waals surface area contributed by atoms with Crippen molar-refractivity contribution in [1.29, 1.82) is 0 Å². The van der Waals surface area contributed by atoms with E-state index < -0.39 is 6.11 Å². The highest BCUT2D eigenvalue weighted by Crippen LogP contribution is 2.47. The van der Waals surface area contributed by atoms with Crippen molar-refractivity contribution >= 4 is 0 Å². The molecule has 0 saturated heterocycles. The van der Waals surface area contributed by atoms with Gasteiger partial charge in [-0.2, -0.15) is 8.78 Å². The average molecular weight is 393 g/mol. The summed E-state index contributed by atoms with van der Waals surface area (Å²) in [6.45, 7) is 3.76. The molecular weight excluding hydrogens is 354 g/mol. The fourth-order valence-electron chi connectivity index (χ4n) is 6.52. The molecule has 0 N–H and O–H groups in total. The highest BCUT2D eigenvalue weighted by atomic mass is 19.3. The van der Waals surface area contributed by atoms with Gasteiger partial charge in [0.1, 0.15) is 0 Å². The molecule has 0 aromatic heterocycles. The summed E-state index contributed by atoms with van der Waals surface area (Å²) in [6.07, 6.45) is 15.8. The second kappa shape index (κ2) is 8.58. The topological polar surface area (TPSA) is 9.23 Å². The molecule has 2 unspecified atom stereocenters. The van der Waals surface area contributed by atoms with E-state index in [2.05, 4.69) is 13.0 Å². The van der Waals surface area contributed by atoms with E-state index in [1.54, 1.807) is 11.6 Å². The standard InChI is InChI=1S/C25H38F2O/c1-17-3-6-19(7-4-17)20-8-10-21(11-9-20)22-12-14-23(15-13-22)24-16-5-18(2)25(26,27)28-24/h3,5,19-24H,4,6-16H2,1-2H3. The zero-order valence-corrected chi connectivity index (χ0v) is 17.8. The first-order valence-corrected chi connectivity index (χ1v) is 11.8. The Morgan fingerprint density at radius 3 is 1.75 bits per heavy atom. The fourth-order valence-corrected chi connectivity index (χ4v) is 6.52. The molecule has 0 bridgehead atoms. The lowest BCUT2D eigenvalue weighted by Gasteiger charge is -2.42. The second-order valence-corrected chi connectivity index (χ2v) is 10.2. The van der Waals surface area contributed by atoms with Gasteiger partial charge in [0, 0.05) is 5.57 Å². The van der Waals surface area contributed by atoms with Crippen molar-refractivity contribution in [2.24, 2.45) is 29.6 Å². The first kappa shape index (κ1) is 20.6. The van der Waals surface area contributed by atoms with Crippen molar-refractivity contribution in [1.82, 2.24) is 0 Å². The molecule has 1 heterocycles. The molecule has 28 heavy (non-hydrogen) atoms. The van der Waals surface area contributed by atoms with E-state index in [0.717, 1.165) is 36.5 Å². The van der Waals surface area contributed by atoms with Crippen LogP contribution in [0.2, 0.25) is 0 Å². The zero-order valence-electron chi connectivity index (χ0n) is 17.8. The van der Waals surface area contributed by atoms with E-state index in [4.69, 9.17) is 4.74 Å². The molecule has 4 rings (SSSR count). The first-order valence-electron chi connectivity index (χ1n) is 11.8. The smallest absolute Gasteiger partial charge is 0.313 e. The van der Waals surface area contributed by atoms with Gasteiger partial charge in [-0.15, -0.1) is 0 Å². The summed E-state index contributed by atoms with van der Waals surface area (Å²) in [5.41, 5.74) is 1.67. The largest absolute Gasteiger partial charge is 0.379 e. The zero-order chi connectivity index (χ0) is 19.7. The van der Waals surface area contributed by atoms with Crippen LogP contribution >= 0.6 is 0 Å². The summed E-state index contributed by atoms with van der Waals surface area (Å²) >= 11 is 0. The predicted molar refractivity (Wildman–Crippen MR) is 110 cm³/mol. The third-order valence-corrected chi connectivity index (χ3v) is 8.59. The minimum absolute atomic E-state index is 0.0813. The van der Waals surface area contributed by atoms with Gasteiger partial charge in [-0.1, -0.05) is 17.7 Å². The summed E-state index contributed by atoms with van der Waals surface area (Å²) in [5, 5.41) is 0. The molecular formula is C25H38F2O. The quantitative estimate of drug-likeness (QED) is 0.448. The summed E-state index contributed by atoms with van der Waals surface area (Å²) in [4.78, 5) is 0. The lowest BCUT2D eigenvalue weighted by Crippen LogP contribution is -2.39. The molecule has 1 nitrogen and oxygen atoms in total. The molecule has 4 aliphatic rings. The summed E-state index contributed by atoms with van der Waals surface area (Å²) in [7, 11) is 0. The molecule has 0 aromatic rings. The minimum Gasteiger partial charge on any atom is -0.313 e. The summed E-state index contributed by atoms with van der Waals surface area (Å²) in [5.74, 6) is 3.91. The van der Waals surface area contributed by atoms with Crippen LogP contribution in [0.5, 0.6) is 0 Å². The Morgan fingerprint density at radius 1 is 0.714 bits per heavy atom. The number of hydrogen-bond donors (Lipinski definition) is 0. The lowest BCUT2D eigenvalue weighted by atomic mass is 9.65. The number of alkyl halides is 2. The highest BCUT2D eigenvalue weighted by molar-refractivity contribution is 5.10. The highest BCUT2D eigenvalue weighted by Gasteiger charge is 2.42. The summed E-state index contributed by atoms with van der Waals surface area (Å²) in [6, 6.07) is 0. The van der Waals surface area contributed by atoms with Crippen LogP contribution in [0.25, 0.3) is 0 Å². The van der Waals surface area contributed by atoms with E-state index in [1.165, 1.54) is 64.7 Å². The van der Waals surface area contributed by atoms with Crippen LogP contribution in [0.1, 0.15) is 90.9 Å². The van der Waals surface area contributed by atoms with Gasteiger partial charge in [0.15, 0.2) is 0 Å². The Kier molecular flexibility index (Phi) is 6.30. The summed E-state index contributed by atoms with van der Waals surface area (Å²) < 4.78 is 33.0. The van der Waals surface area contributed by atoms with Crippen LogP contribution in [0.15, 0.2) is 23.3 Å². The van der Waals surface area contributed by atoms with Crippen molar-refractivity contribution < 1.29 is 13.5 Å². The van der Waals surface area contributed by atoms with Gasteiger partial charge in [-0.25, -0.2) is 0 Å². The molecule has 0 amide bonds. The monoisotopic (exact) mass is 392 g/mol. The maximum atomic E-state index is 13.9. The van der Waals surface area contributed by atoms with Gasteiger partial charge < -0.3 is 4.74 Å². The van der Waals surface area contributed by atoms with E-state index in [9.17, 15) is 8.78 Å². The number of halogens is 2. The van der Waals surface area contributed by atoms with Crippen LogP contribution < -0.4 is 0 Å². The number of hydrogen-bond acceptors (Lipinski definition) is 1. The molecule has 2 fully saturated rings. The van der Waals surface area contributed by atoms with Crippen LogP contribution in [0.3, 0.4) is 0 Å². The van der Waals surface area contributed by atoms with Gasteiger partial charge in [-0.05, 0) is 120 Å². The van der Waals surface area contributed by atoms with Gasteiger partial charge in [0.2, 0.25) is 0 Å². The lowest BCUT2D eigenvalue weighted by molar-refractivity contribution is -0.253. The third-order valence-electron chi connectivity index (χ3n) is 8.59. The molecule has 0 spiro atoms.